The van der Waals surface area contributed by atoms with E-state index >= 15 is 0 Å². The van der Waals surface area contributed by atoms with Crippen LogP contribution in [-0.2, 0) is 0 Å². The summed E-state index contributed by atoms with van der Waals surface area (Å²) in [6, 6.07) is 8.88. The summed E-state index contributed by atoms with van der Waals surface area (Å²) in [5.74, 6) is 1.60. The lowest BCUT2D eigenvalue weighted by molar-refractivity contribution is 0.392. The van der Waals surface area contributed by atoms with E-state index in [0.717, 1.165) is 23.7 Å². The van der Waals surface area contributed by atoms with Gasteiger partial charge in [0, 0.05) is 19.0 Å². The standard InChI is InChI=1S/C15H17N5S/c1-10(2)14-17-12-5-3-4-6-13(12)20(14)11-7-19(8-11)15-18-16-9-21-15/h3-6,9-11H,7-8H2,1-2H3. The molecule has 1 fully saturated rings. The van der Waals surface area contributed by atoms with E-state index in [1.807, 2.05) is 0 Å². The largest absolute Gasteiger partial charge is 0.342 e. The number of rotatable bonds is 3. The number of hydrogen-bond acceptors (Lipinski definition) is 5. The van der Waals surface area contributed by atoms with Crippen LogP contribution in [0.2, 0.25) is 0 Å². The first kappa shape index (κ1) is 12.8. The van der Waals surface area contributed by atoms with Gasteiger partial charge in [0.1, 0.15) is 11.3 Å². The molecule has 108 valence electrons. The second-order valence-electron chi connectivity index (χ2n) is 5.76. The zero-order chi connectivity index (χ0) is 14.4. The van der Waals surface area contributed by atoms with Crippen LogP contribution in [0.1, 0.15) is 31.6 Å². The van der Waals surface area contributed by atoms with E-state index in [9.17, 15) is 0 Å². The van der Waals surface area contributed by atoms with Crippen LogP contribution in [0.4, 0.5) is 5.13 Å². The Labute approximate surface area is 127 Å². The molecule has 0 N–H and O–H groups in total. The van der Waals surface area contributed by atoms with Crippen LogP contribution >= 0.6 is 11.3 Å². The first-order valence-electron chi connectivity index (χ1n) is 7.22. The van der Waals surface area contributed by atoms with Gasteiger partial charge in [-0.2, -0.15) is 0 Å². The lowest BCUT2D eigenvalue weighted by Gasteiger charge is -2.40. The summed E-state index contributed by atoms with van der Waals surface area (Å²) in [4.78, 5) is 7.10. The van der Waals surface area contributed by atoms with Gasteiger partial charge in [0.25, 0.3) is 0 Å². The molecule has 4 rings (SSSR count). The highest BCUT2D eigenvalue weighted by Crippen LogP contribution is 2.33. The Bertz CT molecular complexity index is 756. The van der Waals surface area contributed by atoms with Crippen molar-refractivity contribution in [2.24, 2.45) is 0 Å². The van der Waals surface area contributed by atoms with Crippen molar-refractivity contribution in [3.63, 3.8) is 0 Å². The Hall–Kier alpha value is -1.95. The molecule has 0 saturated carbocycles. The van der Waals surface area contributed by atoms with Crippen molar-refractivity contribution in [2.45, 2.75) is 25.8 Å². The summed E-state index contributed by atoms with van der Waals surface area (Å²) in [6.45, 7) is 6.38. The molecule has 0 amide bonds. The van der Waals surface area contributed by atoms with Gasteiger partial charge in [0.2, 0.25) is 5.13 Å². The maximum absolute atomic E-state index is 4.82. The van der Waals surface area contributed by atoms with Crippen molar-refractivity contribution < 1.29 is 0 Å². The number of imidazole rings is 1. The lowest BCUT2D eigenvalue weighted by Crippen LogP contribution is -2.48. The number of benzene rings is 1. The Morgan fingerprint density at radius 3 is 2.76 bits per heavy atom. The van der Waals surface area contributed by atoms with Gasteiger partial charge >= 0.3 is 0 Å². The molecule has 1 aromatic carbocycles. The Morgan fingerprint density at radius 2 is 2.05 bits per heavy atom. The Morgan fingerprint density at radius 1 is 1.24 bits per heavy atom. The van der Waals surface area contributed by atoms with Crippen molar-refractivity contribution in [1.29, 1.82) is 0 Å². The smallest absolute Gasteiger partial charge is 0.208 e. The van der Waals surface area contributed by atoms with Gasteiger partial charge in [-0.15, -0.1) is 10.2 Å². The summed E-state index contributed by atoms with van der Waals surface area (Å²) in [6.07, 6.45) is 0. The highest BCUT2D eigenvalue weighted by molar-refractivity contribution is 7.13. The van der Waals surface area contributed by atoms with E-state index in [0.29, 0.717) is 12.0 Å². The molecular weight excluding hydrogens is 282 g/mol. The van der Waals surface area contributed by atoms with Gasteiger partial charge < -0.3 is 9.47 Å². The molecule has 1 aliphatic heterocycles. The molecule has 0 atom stereocenters. The number of fused-ring (bicyclic) bond motifs is 1. The van der Waals surface area contributed by atoms with Gasteiger partial charge in [0.05, 0.1) is 17.1 Å². The Kier molecular flexibility index (Phi) is 2.92. The minimum atomic E-state index is 0.424. The molecule has 3 heterocycles. The second kappa shape index (κ2) is 4.80. The third kappa shape index (κ3) is 2.01. The minimum Gasteiger partial charge on any atom is -0.342 e. The summed E-state index contributed by atoms with van der Waals surface area (Å²) < 4.78 is 2.41. The first-order valence-corrected chi connectivity index (χ1v) is 8.10. The van der Waals surface area contributed by atoms with E-state index in [4.69, 9.17) is 4.98 Å². The molecule has 1 aliphatic rings. The normalized spacial score (nSPS) is 15.9. The first-order chi connectivity index (χ1) is 10.2. The number of hydrogen-bond donors (Lipinski definition) is 0. The monoisotopic (exact) mass is 299 g/mol. The summed E-state index contributed by atoms with van der Waals surface area (Å²) in [7, 11) is 0. The van der Waals surface area contributed by atoms with Crippen molar-refractivity contribution in [3.05, 3.63) is 35.6 Å². The van der Waals surface area contributed by atoms with E-state index in [2.05, 4.69) is 57.8 Å². The third-order valence-corrected chi connectivity index (χ3v) is 4.74. The quantitative estimate of drug-likeness (QED) is 0.745. The molecular formula is C15H17N5S. The molecule has 0 bridgehead atoms. The fourth-order valence-electron chi connectivity index (χ4n) is 2.93. The van der Waals surface area contributed by atoms with E-state index in [1.165, 1.54) is 11.3 Å². The third-order valence-electron chi connectivity index (χ3n) is 3.99. The van der Waals surface area contributed by atoms with Crippen LogP contribution in [-0.4, -0.2) is 32.8 Å². The predicted molar refractivity (Wildman–Crippen MR) is 85.0 cm³/mol. The number of para-hydroxylation sites is 2. The van der Waals surface area contributed by atoms with Crippen LogP contribution in [0.5, 0.6) is 0 Å². The zero-order valence-corrected chi connectivity index (χ0v) is 12.9. The summed E-state index contributed by atoms with van der Waals surface area (Å²) >= 11 is 1.60. The molecule has 6 heteroatoms. The molecule has 2 aromatic heterocycles. The topological polar surface area (TPSA) is 46.8 Å². The maximum Gasteiger partial charge on any atom is 0.208 e. The van der Waals surface area contributed by atoms with Gasteiger partial charge in [-0.25, -0.2) is 4.98 Å². The van der Waals surface area contributed by atoms with Crippen molar-refractivity contribution in [1.82, 2.24) is 19.7 Å². The summed E-state index contributed by atoms with van der Waals surface area (Å²) in [5.41, 5.74) is 4.12. The van der Waals surface area contributed by atoms with Crippen LogP contribution in [0, 0.1) is 0 Å². The van der Waals surface area contributed by atoms with Gasteiger partial charge in [-0.05, 0) is 12.1 Å². The van der Waals surface area contributed by atoms with Crippen LogP contribution < -0.4 is 4.90 Å². The van der Waals surface area contributed by atoms with Crippen molar-refractivity contribution in [3.8, 4) is 0 Å². The lowest BCUT2D eigenvalue weighted by atomic mass is 10.1. The zero-order valence-electron chi connectivity index (χ0n) is 12.1. The maximum atomic E-state index is 4.82. The van der Waals surface area contributed by atoms with Gasteiger partial charge in [-0.1, -0.05) is 37.3 Å². The molecule has 3 aromatic rings. The number of aromatic nitrogens is 4. The molecule has 0 spiro atoms. The van der Waals surface area contributed by atoms with E-state index in [-0.39, 0.29) is 0 Å². The fourth-order valence-corrected chi connectivity index (χ4v) is 3.51. The molecule has 0 aliphatic carbocycles. The van der Waals surface area contributed by atoms with Crippen LogP contribution in [0.25, 0.3) is 11.0 Å². The highest BCUT2D eigenvalue weighted by atomic mass is 32.1. The SMILES string of the molecule is CC(C)c1nc2ccccc2n1C1CN(c2nncs2)C1. The summed E-state index contributed by atoms with van der Waals surface area (Å²) in [5, 5.41) is 9.08. The van der Waals surface area contributed by atoms with Crippen molar-refractivity contribution >= 4 is 27.5 Å². The Balaban J connectivity index is 1.69. The highest BCUT2D eigenvalue weighted by Gasteiger charge is 2.33. The van der Waals surface area contributed by atoms with Gasteiger partial charge in [-0.3, -0.25) is 0 Å². The van der Waals surface area contributed by atoms with E-state index < -0.39 is 0 Å². The second-order valence-corrected chi connectivity index (χ2v) is 6.58. The molecule has 0 radical (unpaired) electrons. The fraction of sp³-hybridized carbons (Fsp3) is 0.400. The predicted octanol–water partition coefficient (Wildman–Crippen LogP) is 3.07. The van der Waals surface area contributed by atoms with Crippen LogP contribution in [0.3, 0.4) is 0 Å². The molecule has 5 nitrogen and oxygen atoms in total. The van der Waals surface area contributed by atoms with Crippen molar-refractivity contribution in [2.75, 3.05) is 18.0 Å². The minimum absolute atomic E-state index is 0.424. The molecule has 21 heavy (non-hydrogen) atoms. The number of anilines is 1. The van der Waals surface area contributed by atoms with Crippen LogP contribution in [0.15, 0.2) is 29.8 Å². The van der Waals surface area contributed by atoms with E-state index in [1.54, 1.807) is 16.8 Å². The number of nitrogens with zero attached hydrogens (tertiary/aromatic N) is 5. The average Bonchev–Trinajstić information content (AvgIpc) is 3.05. The van der Waals surface area contributed by atoms with Gasteiger partial charge in [0.15, 0.2) is 0 Å². The molecule has 0 unspecified atom stereocenters. The average molecular weight is 299 g/mol. The molecule has 1 saturated heterocycles.